The highest BCUT2D eigenvalue weighted by Gasteiger charge is 2.24. The number of rotatable bonds is 2. The van der Waals surface area contributed by atoms with Crippen molar-refractivity contribution in [2.24, 2.45) is 11.7 Å². The van der Waals surface area contributed by atoms with E-state index in [9.17, 15) is 4.79 Å². The second-order valence-corrected chi connectivity index (χ2v) is 5.31. The number of aryl methyl sites for hydroxylation is 1. The number of hydrogen-bond acceptors (Lipinski definition) is 4. The van der Waals surface area contributed by atoms with Crippen LogP contribution in [-0.4, -0.2) is 35.4 Å². The van der Waals surface area contributed by atoms with E-state index in [1.807, 2.05) is 17.2 Å². The van der Waals surface area contributed by atoms with E-state index < -0.39 is 0 Å². The summed E-state index contributed by atoms with van der Waals surface area (Å²) < 4.78 is 0. The molecule has 1 aliphatic heterocycles. The summed E-state index contributed by atoms with van der Waals surface area (Å²) in [7, 11) is 0. The minimum Gasteiger partial charge on any atom is -0.337 e. The Morgan fingerprint density at radius 1 is 1.75 bits per heavy atom. The van der Waals surface area contributed by atoms with Gasteiger partial charge in [0, 0.05) is 18.5 Å². The van der Waals surface area contributed by atoms with Gasteiger partial charge in [0.05, 0.1) is 5.01 Å². The third-order valence-electron chi connectivity index (χ3n) is 2.98. The average Bonchev–Trinajstić information content (AvgIpc) is 2.75. The summed E-state index contributed by atoms with van der Waals surface area (Å²) >= 11 is 1.52. The molecule has 0 unspecified atom stereocenters. The van der Waals surface area contributed by atoms with Crippen LogP contribution < -0.4 is 5.73 Å². The standard InChI is InChI=1S/C11H17N3OS/c1-8-13-10(7-16-8)11(15)14-4-2-3-9(5-12)6-14/h7,9H,2-6,12H2,1H3/t9-/m0/s1. The van der Waals surface area contributed by atoms with Crippen molar-refractivity contribution in [3.63, 3.8) is 0 Å². The van der Waals surface area contributed by atoms with E-state index in [1.54, 1.807) is 0 Å². The summed E-state index contributed by atoms with van der Waals surface area (Å²) in [6.45, 7) is 4.21. The summed E-state index contributed by atoms with van der Waals surface area (Å²) in [5, 5.41) is 2.78. The van der Waals surface area contributed by atoms with Crippen LogP contribution in [-0.2, 0) is 0 Å². The number of nitrogens with two attached hydrogens (primary N) is 1. The number of piperidine rings is 1. The number of carbonyl (C=O) groups is 1. The van der Waals surface area contributed by atoms with E-state index in [0.717, 1.165) is 30.9 Å². The molecule has 1 aliphatic rings. The van der Waals surface area contributed by atoms with Crippen molar-refractivity contribution in [3.05, 3.63) is 16.1 Å². The fraction of sp³-hybridized carbons (Fsp3) is 0.636. The van der Waals surface area contributed by atoms with Gasteiger partial charge < -0.3 is 10.6 Å². The highest BCUT2D eigenvalue weighted by Crippen LogP contribution is 2.18. The Labute approximate surface area is 99.5 Å². The number of carbonyl (C=O) groups excluding carboxylic acids is 1. The SMILES string of the molecule is Cc1nc(C(=O)N2CCC[C@@H](CN)C2)cs1. The zero-order valence-corrected chi connectivity index (χ0v) is 10.3. The first-order valence-corrected chi connectivity index (χ1v) is 6.50. The molecular formula is C11H17N3OS. The molecule has 0 radical (unpaired) electrons. The van der Waals surface area contributed by atoms with E-state index in [1.165, 1.54) is 11.3 Å². The molecule has 1 saturated heterocycles. The third-order valence-corrected chi connectivity index (χ3v) is 3.75. The van der Waals surface area contributed by atoms with Crippen molar-refractivity contribution in [3.8, 4) is 0 Å². The van der Waals surface area contributed by atoms with Crippen LogP contribution in [0, 0.1) is 12.8 Å². The van der Waals surface area contributed by atoms with Gasteiger partial charge in [0.1, 0.15) is 5.69 Å². The Bertz CT molecular complexity index is 377. The lowest BCUT2D eigenvalue weighted by molar-refractivity contribution is 0.0673. The Morgan fingerprint density at radius 2 is 2.56 bits per heavy atom. The molecule has 16 heavy (non-hydrogen) atoms. The highest BCUT2D eigenvalue weighted by atomic mass is 32.1. The maximum absolute atomic E-state index is 12.1. The van der Waals surface area contributed by atoms with Gasteiger partial charge in [-0.05, 0) is 32.2 Å². The largest absolute Gasteiger partial charge is 0.337 e. The van der Waals surface area contributed by atoms with Crippen molar-refractivity contribution < 1.29 is 4.79 Å². The third kappa shape index (κ3) is 2.41. The summed E-state index contributed by atoms with van der Waals surface area (Å²) in [5.74, 6) is 0.514. The number of thiazole rings is 1. The molecule has 0 saturated carbocycles. The lowest BCUT2D eigenvalue weighted by atomic mass is 9.98. The van der Waals surface area contributed by atoms with Crippen LogP contribution >= 0.6 is 11.3 Å². The van der Waals surface area contributed by atoms with E-state index in [0.29, 0.717) is 18.2 Å². The fourth-order valence-corrected chi connectivity index (χ4v) is 2.65. The molecule has 0 bridgehead atoms. The molecule has 88 valence electrons. The van der Waals surface area contributed by atoms with Crippen molar-refractivity contribution in [1.82, 2.24) is 9.88 Å². The quantitative estimate of drug-likeness (QED) is 0.845. The lowest BCUT2D eigenvalue weighted by Crippen LogP contribution is -2.42. The molecule has 2 rings (SSSR count). The molecular weight excluding hydrogens is 222 g/mol. The molecule has 1 amide bonds. The first-order valence-electron chi connectivity index (χ1n) is 5.62. The van der Waals surface area contributed by atoms with Crippen LogP contribution in [0.15, 0.2) is 5.38 Å². The molecule has 1 aromatic rings. The number of hydrogen-bond donors (Lipinski definition) is 1. The van der Waals surface area contributed by atoms with Crippen molar-refractivity contribution in [2.75, 3.05) is 19.6 Å². The molecule has 0 aromatic carbocycles. The van der Waals surface area contributed by atoms with Crippen LogP contribution in [0.3, 0.4) is 0 Å². The number of nitrogens with zero attached hydrogens (tertiary/aromatic N) is 2. The topological polar surface area (TPSA) is 59.2 Å². The van der Waals surface area contributed by atoms with Crippen LogP contribution in [0.1, 0.15) is 28.3 Å². The molecule has 2 heterocycles. The first-order chi connectivity index (χ1) is 7.70. The lowest BCUT2D eigenvalue weighted by Gasteiger charge is -2.31. The fourth-order valence-electron chi connectivity index (χ4n) is 2.07. The molecule has 5 heteroatoms. The van der Waals surface area contributed by atoms with Gasteiger partial charge in [-0.1, -0.05) is 0 Å². The van der Waals surface area contributed by atoms with E-state index in [-0.39, 0.29) is 5.91 Å². The van der Waals surface area contributed by atoms with Crippen molar-refractivity contribution in [2.45, 2.75) is 19.8 Å². The summed E-state index contributed by atoms with van der Waals surface area (Å²) in [6.07, 6.45) is 2.19. The molecule has 1 fully saturated rings. The molecule has 0 spiro atoms. The van der Waals surface area contributed by atoms with Gasteiger partial charge >= 0.3 is 0 Å². The predicted molar refractivity (Wildman–Crippen MR) is 64.5 cm³/mol. The van der Waals surface area contributed by atoms with Crippen molar-refractivity contribution in [1.29, 1.82) is 0 Å². The highest BCUT2D eigenvalue weighted by molar-refractivity contribution is 7.09. The predicted octanol–water partition coefficient (Wildman–Crippen LogP) is 1.26. The normalized spacial score (nSPS) is 21.1. The van der Waals surface area contributed by atoms with Gasteiger partial charge in [0.25, 0.3) is 5.91 Å². The maximum atomic E-state index is 12.1. The Balaban J connectivity index is 2.04. The molecule has 1 aromatic heterocycles. The average molecular weight is 239 g/mol. The number of amides is 1. The van der Waals surface area contributed by atoms with E-state index in [2.05, 4.69) is 4.98 Å². The first kappa shape index (κ1) is 11.5. The minimum absolute atomic E-state index is 0.0579. The molecule has 0 aliphatic carbocycles. The Hall–Kier alpha value is -0.940. The van der Waals surface area contributed by atoms with Gasteiger partial charge in [-0.2, -0.15) is 0 Å². The summed E-state index contributed by atoms with van der Waals surface area (Å²) in [5.41, 5.74) is 6.24. The smallest absolute Gasteiger partial charge is 0.273 e. The Morgan fingerprint density at radius 3 is 3.19 bits per heavy atom. The zero-order chi connectivity index (χ0) is 11.5. The molecule has 2 N–H and O–H groups in total. The second kappa shape index (κ2) is 4.93. The minimum atomic E-state index is 0.0579. The van der Waals surface area contributed by atoms with E-state index in [4.69, 9.17) is 5.73 Å². The zero-order valence-electron chi connectivity index (χ0n) is 9.48. The summed E-state index contributed by atoms with van der Waals surface area (Å²) in [6, 6.07) is 0. The maximum Gasteiger partial charge on any atom is 0.273 e. The van der Waals surface area contributed by atoms with Crippen LogP contribution in [0.4, 0.5) is 0 Å². The monoisotopic (exact) mass is 239 g/mol. The van der Waals surface area contributed by atoms with E-state index >= 15 is 0 Å². The van der Waals surface area contributed by atoms with Gasteiger partial charge in [0.2, 0.25) is 0 Å². The van der Waals surface area contributed by atoms with Crippen LogP contribution in [0.25, 0.3) is 0 Å². The van der Waals surface area contributed by atoms with Crippen LogP contribution in [0.5, 0.6) is 0 Å². The van der Waals surface area contributed by atoms with Gasteiger partial charge in [0.15, 0.2) is 0 Å². The number of aromatic nitrogens is 1. The molecule has 4 nitrogen and oxygen atoms in total. The van der Waals surface area contributed by atoms with Crippen molar-refractivity contribution >= 4 is 17.2 Å². The van der Waals surface area contributed by atoms with Gasteiger partial charge in [-0.3, -0.25) is 4.79 Å². The molecule has 1 atom stereocenters. The van der Waals surface area contributed by atoms with Gasteiger partial charge in [-0.25, -0.2) is 4.98 Å². The Kier molecular flexibility index (Phi) is 3.56. The number of likely N-dealkylation sites (tertiary alicyclic amines) is 1. The van der Waals surface area contributed by atoms with Crippen LogP contribution in [0.2, 0.25) is 0 Å². The second-order valence-electron chi connectivity index (χ2n) is 4.25. The van der Waals surface area contributed by atoms with Gasteiger partial charge in [-0.15, -0.1) is 11.3 Å². The summed E-state index contributed by atoms with van der Waals surface area (Å²) in [4.78, 5) is 18.2.